The van der Waals surface area contributed by atoms with Crippen LogP contribution in [0.1, 0.15) is 73.6 Å². The van der Waals surface area contributed by atoms with Crippen molar-refractivity contribution in [3.8, 4) is 0 Å². The van der Waals surface area contributed by atoms with Gasteiger partial charge in [0.05, 0.1) is 17.5 Å². The van der Waals surface area contributed by atoms with E-state index in [-0.39, 0.29) is 39.4 Å². The minimum Gasteiger partial charge on any atom is -0.455 e. The lowest BCUT2D eigenvalue weighted by Crippen LogP contribution is -2.38. The maximum Gasteiger partial charge on any atom is 0.289 e. The van der Waals surface area contributed by atoms with Crippen LogP contribution in [0.15, 0.2) is 59.1 Å². The molecule has 2 fully saturated rings. The van der Waals surface area contributed by atoms with Crippen LogP contribution in [0.5, 0.6) is 0 Å². The van der Waals surface area contributed by atoms with E-state index >= 15 is 0 Å². The quantitative estimate of drug-likeness (QED) is 0.333. The van der Waals surface area contributed by atoms with Gasteiger partial charge in [0.25, 0.3) is 11.6 Å². The molecule has 2 aromatic heterocycles. The van der Waals surface area contributed by atoms with E-state index < -0.39 is 0 Å². The Morgan fingerprint density at radius 2 is 1.86 bits per heavy atom. The number of furan rings is 1. The zero-order valence-corrected chi connectivity index (χ0v) is 21.7. The van der Waals surface area contributed by atoms with Gasteiger partial charge in [-0.3, -0.25) is 19.8 Å². The van der Waals surface area contributed by atoms with Crippen LogP contribution in [-0.2, 0) is 13.1 Å². The van der Waals surface area contributed by atoms with Gasteiger partial charge >= 0.3 is 0 Å². The van der Waals surface area contributed by atoms with E-state index in [4.69, 9.17) is 4.42 Å². The predicted molar refractivity (Wildman–Crippen MR) is 139 cm³/mol. The maximum absolute atomic E-state index is 13.5. The van der Waals surface area contributed by atoms with Crippen LogP contribution < -0.4 is 0 Å². The zero-order valence-electron chi connectivity index (χ0n) is 21.7. The van der Waals surface area contributed by atoms with E-state index in [0.717, 1.165) is 55.9 Å². The molecule has 194 valence electrons. The molecule has 1 saturated carbocycles. The fraction of sp³-hybridized carbons (Fsp3) is 0.483. The highest BCUT2D eigenvalue weighted by atomic mass is 16.6. The molecular weight excluding hydrogens is 468 g/mol. The highest BCUT2D eigenvalue weighted by molar-refractivity contribution is 5.92. The molecule has 8 nitrogen and oxygen atoms in total. The number of hydrogen-bond donors (Lipinski definition) is 0. The molecule has 4 heterocycles. The standard InChI is InChI=1S/C29H34N4O4/c1-28(2)15-22-16-29(3,18-28)19-32(22)27(34)25-11-10-23(37-25)17-31-14-13-30-12-4-5-24(30)26(31)20-6-8-21(9-7-20)33(35)36/h4-12,22,26H,13-19H2,1-3H3. The smallest absolute Gasteiger partial charge is 0.289 e. The number of likely N-dealkylation sites (tertiary alicyclic amines) is 1. The number of carbonyl (C=O) groups excluding carboxylic acids is 1. The number of rotatable bonds is 5. The van der Waals surface area contributed by atoms with Gasteiger partial charge in [-0.25, -0.2) is 0 Å². The molecule has 37 heavy (non-hydrogen) atoms. The van der Waals surface area contributed by atoms with Crippen LogP contribution in [0, 0.1) is 20.9 Å². The Morgan fingerprint density at radius 1 is 1.08 bits per heavy atom. The molecule has 1 saturated heterocycles. The normalized spacial score (nSPS) is 26.7. The van der Waals surface area contributed by atoms with Crippen molar-refractivity contribution < 1.29 is 14.1 Å². The summed E-state index contributed by atoms with van der Waals surface area (Å²) in [6.07, 6.45) is 5.32. The third-order valence-electron chi connectivity index (χ3n) is 8.46. The third-order valence-corrected chi connectivity index (χ3v) is 8.46. The van der Waals surface area contributed by atoms with Crippen molar-refractivity contribution in [2.24, 2.45) is 10.8 Å². The van der Waals surface area contributed by atoms with E-state index in [1.165, 1.54) is 0 Å². The average Bonchev–Trinajstić information content (AvgIpc) is 3.55. The number of benzene rings is 1. The number of fused-ring (bicyclic) bond motifs is 3. The number of aromatic nitrogens is 1. The van der Waals surface area contributed by atoms with E-state index in [9.17, 15) is 14.9 Å². The van der Waals surface area contributed by atoms with Crippen molar-refractivity contribution in [2.75, 3.05) is 13.1 Å². The fourth-order valence-electron chi connectivity index (χ4n) is 7.38. The topological polar surface area (TPSA) is 84.8 Å². The molecule has 6 rings (SSSR count). The average molecular weight is 503 g/mol. The summed E-state index contributed by atoms with van der Waals surface area (Å²) in [6.45, 7) is 9.93. The molecule has 1 aromatic carbocycles. The van der Waals surface area contributed by atoms with Gasteiger partial charge in [0.1, 0.15) is 5.76 Å². The Morgan fingerprint density at radius 3 is 2.62 bits per heavy atom. The zero-order chi connectivity index (χ0) is 25.9. The predicted octanol–water partition coefficient (Wildman–Crippen LogP) is 5.64. The van der Waals surface area contributed by atoms with Gasteiger partial charge < -0.3 is 13.9 Å². The number of nitro benzene ring substituents is 1. The Labute approximate surface area is 217 Å². The number of carbonyl (C=O) groups is 1. The Balaban J connectivity index is 1.22. The van der Waals surface area contributed by atoms with Crippen molar-refractivity contribution in [1.29, 1.82) is 0 Å². The molecule has 8 heteroatoms. The van der Waals surface area contributed by atoms with E-state index in [1.807, 2.05) is 35.2 Å². The van der Waals surface area contributed by atoms with Gasteiger partial charge in [0, 0.05) is 49.7 Å². The Hall–Kier alpha value is -3.39. The van der Waals surface area contributed by atoms with Gasteiger partial charge in [-0.15, -0.1) is 0 Å². The molecule has 1 amide bonds. The second-order valence-electron chi connectivity index (χ2n) is 12.3. The summed E-state index contributed by atoms with van der Waals surface area (Å²) in [6, 6.07) is 14.9. The number of non-ortho nitro benzene ring substituents is 1. The monoisotopic (exact) mass is 502 g/mol. The van der Waals surface area contributed by atoms with Crippen molar-refractivity contribution in [1.82, 2.24) is 14.4 Å². The van der Waals surface area contributed by atoms with Gasteiger partial charge in [-0.05, 0) is 59.9 Å². The first-order chi connectivity index (χ1) is 17.6. The molecule has 3 aliphatic rings. The lowest BCUT2D eigenvalue weighted by Gasteiger charge is -2.39. The number of nitrogens with zero attached hydrogens (tertiary/aromatic N) is 4. The molecular formula is C29H34N4O4. The first kappa shape index (κ1) is 24.0. The highest BCUT2D eigenvalue weighted by Crippen LogP contribution is 2.52. The minimum absolute atomic E-state index is 0.00267. The van der Waals surface area contributed by atoms with Crippen LogP contribution in [0.25, 0.3) is 0 Å². The minimum atomic E-state index is -0.373. The molecule has 0 spiro atoms. The number of amides is 1. The van der Waals surface area contributed by atoms with Crippen LogP contribution in [-0.4, -0.2) is 44.3 Å². The molecule has 3 atom stereocenters. The SMILES string of the molecule is CC1(C)CC2CC(C)(CN2C(=O)c2ccc(CN3CCn4cccc4C3c3ccc([N+](=O)[O-])cc3)o2)C1. The lowest BCUT2D eigenvalue weighted by atomic mass is 9.65. The van der Waals surface area contributed by atoms with Crippen LogP contribution >= 0.6 is 0 Å². The largest absolute Gasteiger partial charge is 0.455 e. The second kappa shape index (κ2) is 8.58. The van der Waals surface area contributed by atoms with E-state index in [0.29, 0.717) is 12.3 Å². The third kappa shape index (κ3) is 4.37. The Kier molecular flexibility index (Phi) is 5.56. The van der Waals surface area contributed by atoms with Crippen molar-refractivity contribution in [3.63, 3.8) is 0 Å². The lowest BCUT2D eigenvalue weighted by molar-refractivity contribution is -0.384. The molecule has 0 N–H and O–H groups in total. The van der Waals surface area contributed by atoms with Crippen LogP contribution in [0.4, 0.5) is 5.69 Å². The summed E-state index contributed by atoms with van der Waals surface area (Å²) in [7, 11) is 0. The first-order valence-corrected chi connectivity index (χ1v) is 13.1. The van der Waals surface area contributed by atoms with Gasteiger partial charge in [-0.1, -0.05) is 32.9 Å². The number of nitro groups is 1. The van der Waals surface area contributed by atoms with Crippen molar-refractivity contribution >= 4 is 11.6 Å². The Bertz CT molecular complexity index is 1340. The van der Waals surface area contributed by atoms with Crippen molar-refractivity contribution in [2.45, 2.75) is 65.2 Å². The summed E-state index contributed by atoms with van der Waals surface area (Å²) < 4.78 is 8.40. The molecule has 2 aliphatic heterocycles. The van der Waals surface area contributed by atoms with Crippen LogP contribution in [0.2, 0.25) is 0 Å². The summed E-state index contributed by atoms with van der Waals surface area (Å²) in [5, 5.41) is 11.2. The second-order valence-corrected chi connectivity index (χ2v) is 12.3. The summed E-state index contributed by atoms with van der Waals surface area (Å²) in [4.78, 5) is 28.7. The van der Waals surface area contributed by atoms with Gasteiger partial charge in [-0.2, -0.15) is 0 Å². The summed E-state index contributed by atoms with van der Waals surface area (Å²) in [5.41, 5.74) is 2.65. The highest BCUT2D eigenvalue weighted by Gasteiger charge is 2.51. The van der Waals surface area contributed by atoms with Crippen molar-refractivity contribution in [3.05, 3.63) is 87.6 Å². The summed E-state index contributed by atoms with van der Waals surface area (Å²) >= 11 is 0. The molecule has 2 bridgehead atoms. The van der Waals surface area contributed by atoms with E-state index in [1.54, 1.807) is 12.1 Å². The van der Waals surface area contributed by atoms with Gasteiger partial charge in [0.15, 0.2) is 5.76 Å². The number of hydrogen-bond acceptors (Lipinski definition) is 5. The molecule has 0 radical (unpaired) electrons. The fourth-order valence-corrected chi connectivity index (χ4v) is 7.38. The van der Waals surface area contributed by atoms with Crippen LogP contribution in [0.3, 0.4) is 0 Å². The molecule has 3 aromatic rings. The van der Waals surface area contributed by atoms with E-state index in [2.05, 4.69) is 42.5 Å². The molecule has 3 unspecified atom stereocenters. The van der Waals surface area contributed by atoms with Gasteiger partial charge in [0.2, 0.25) is 0 Å². The molecule has 1 aliphatic carbocycles. The summed E-state index contributed by atoms with van der Waals surface area (Å²) in [5.74, 6) is 1.16. The maximum atomic E-state index is 13.5. The first-order valence-electron chi connectivity index (χ1n) is 13.1.